The molecule has 1 saturated heterocycles. The Morgan fingerprint density at radius 3 is 2.38 bits per heavy atom. The van der Waals surface area contributed by atoms with Gasteiger partial charge < -0.3 is 29.4 Å². The third kappa shape index (κ3) is 7.00. The van der Waals surface area contributed by atoms with Crippen molar-refractivity contribution in [1.82, 2.24) is 9.55 Å². The first-order valence-electron chi connectivity index (χ1n) is 7.21. The van der Waals surface area contributed by atoms with Gasteiger partial charge in [0.1, 0.15) is 12.3 Å². The highest BCUT2D eigenvalue weighted by atomic mass is 31.3. The van der Waals surface area contributed by atoms with Crippen molar-refractivity contribution >= 4 is 23.5 Å². The van der Waals surface area contributed by atoms with Crippen LogP contribution in [0.4, 0.5) is 4.39 Å². The molecule has 1 aliphatic rings. The number of aliphatic hydroxyl groups is 1. The number of aliphatic hydroxyl groups excluding tert-OH is 1. The minimum Gasteiger partial charge on any atom is -0.390 e. The van der Waals surface area contributed by atoms with Crippen LogP contribution in [-0.4, -0.2) is 53.0 Å². The van der Waals surface area contributed by atoms with Crippen LogP contribution in [0, 0.1) is 5.82 Å². The average Bonchev–Trinajstić information content (AvgIpc) is 2.86. The zero-order valence-corrected chi connectivity index (χ0v) is 16.5. The maximum atomic E-state index is 13.3. The predicted octanol–water partition coefficient (Wildman–Crippen LogP) is -1.33. The molecular weight excluding hydrogens is 472 g/mol. The normalized spacial score (nSPS) is 26.8. The van der Waals surface area contributed by atoms with Gasteiger partial charge in [0.05, 0.1) is 18.9 Å². The fraction of sp³-hybridized carbons (Fsp3) is 0.556. The molecule has 0 aromatic carbocycles. The molecule has 6 N–H and O–H groups in total. The fourth-order valence-corrected chi connectivity index (χ4v) is 5.21. The number of phosphoric acid groups is 3. The van der Waals surface area contributed by atoms with Crippen molar-refractivity contribution in [2.75, 3.05) is 6.61 Å². The molecule has 16 nitrogen and oxygen atoms in total. The van der Waals surface area contributed by atoms with E-state index in [2.05, 4.69) is 13.1 Å². The second-order valence-electron chi connectivity index (χ2n) is 5.46. The summed E-state index contributed by atoms with van der Waals surface area (Å²) in [7, 11) is -16.7. The zero-order chi connectivity index (χ0) is 22.2. The van der Waals surface area contributed by atoms with Gasteiger partial charge in [-0.25, -0.2) is 18.5 Å². The number of hydrogen-bond donors (Lipinski definition) is 6. The summed E-state index contributed by atoms with van der Waals surface area (Å²) in [5.41, 5.74) is -2.35. The molecule has 0 amide bonds. The van der Waals surface area contributed by atoms with Crippen LogP contribution in [-0.2, 0) is 31.6 Å². The lowest BCUT2D eigenvalue weighted by Crippen LogP contribution is -2.34. The van der Waals surface area contributed by atoms with Gasteiger partial charge in [-0.3, -0.25) is 18.9 Å². The van der Waals surface area contributed by atoms with E-state index in [0.717, 1.165) is 0 Å². The first-order valence-corrected chi connectivity index (χ1v) is 11.7. The van der Waals surface area contributed by atoms with E-state index in [1.165, 1.54) is 0 Å². The first-order chi connectivity index (χ1) is 13.1. The summed E-state index contributed by atoms with van der Waals surface area (Å²) in [6, 6.07) is 0. The monoisotopic (exact) mass is 486 g/mol. The largest absolute Gasteiger partial charge is 0.490 e. The molecule has 0 saturated carbocycles. The Hall–Kier alpha value is -1.06. The smallest absolute Gasteiger partial charge is 0.390 e. The van der Waals surface area contributed by atoms with Crippen LogP contribution in [0.3, 0.4) is 0 Å². The number of halogens is 1. The number of aromatic nitrogens is 2. The van der Waals surface area contributed by atoms with Crippen molar-refractivity contribution < 1.29 is 60.6 Å². The van der Waals surface area contributed by atoms with Gasteiger partial charge in [0.2, 0.25) is 5.82 Å². The number of rotatable bonds is 8. The van der Waals surface area contributed by atoms with Crippen molar-refractivity contribution in [3.05, 3.63) is 32.9 Å². The zero-order valence-electron chi connectivity index (χ0n) is 13.8. The number of H-pyrrole nitrogens is 1. The van der Waals surface area contributed by atoms with Crippen molar-refractivity contribution in [3.63, 3.8) is 0 Å². The Labute approximate surface area is 158 Å². The summed E-state index contributed by atoms with van der Waals surface area (Å²) < 4.78 is 63.8. The lowest BCUT2D eigenvalue weighted by Gasteiger charge is -2.19. The molecule has 166 valence electrons. The Balaban J connectivity index is 2.03. The van der Waals surface area contributed by atoms with Crippen LogP contribution < -0.4 is 11.2 Å². The van der Waals surface area contributed by atoms with Crippen LogP contribution in [0.2, 0.25) is 0 Å². The highest BCUT2D eigenvalue weighted by Gasteiger charge is 2.43. The second-order valence-corrected chi connectivity index (χ2v) is 9.88. The number of phosphoric ester groups is 1. The Kier molecular flexibility index (Phi) is 7.17. The van der Waals surface area contributed by atoms with Crippen LogP contribution in [0.5, 0.6) is 0 Å². The van der Waals surface area contributed by atoms with Gasteiger partial charge in [-0.1, -0.05) is 0 Å². The minimum atomic E-state index is -5.71. The van der Waals surface area contributed by atoms with E-state index in [-0.39, 0.29) is 6.42 Å². The molecule has 2 rings (SSSR count). The van der Waals surface area contributed by atoms with Gasteiger partial charge in [0.25, 0.3) is 5.56 Å². The van der Waals surface area contributed by atoms with Gasteiger partial charge in [0, 0.05) is 6.42 Å². The SMILES string of the molecule is O=c1[nH]c(=O)n(C2CC(O)C(COP(=O)(O)OP(=O)(O)OP(=O)(O)O)O2)cc1F. The Bertz CT molecular complexity index is 1020. The van der Waals surface area contributed by atoms with Crippen molar-refractivity contribution in [1.29, 1.82) is 0 Å². The molecule has 0 aliphatic carbocycles. The van der Waals surface area contributed by atoms with E-state index in [0.29, 0.717) is 10.8 Å². The summed E-state index contributed by atoms with van der Waals surface area (Å²) in [5, 5.41) is 9.89. The highest BCUT2D eigenvalue weighted by Crippen LogP contribution is 2.66. The van der Waals surface area contributed by atoms with Gasteiger partial charge in [-0.15, -0.1) is 0 Å². The standard InChI is InChI=1S/C9H14FN2O14P3/c10-4-2-12(9(15)11-8(4)14)7-1-5(13)6(24-7)3-23-28(19,20)26-29(21,22)25-27(16,17)18/h2,5-7,13H,1,3H2,(H,19,20)(H,21,22)(H,11,14,15)(H2,16,17,18). The minimum absolute atomic E-state index is 0.337. The van der Waals surface area contributed by atoms with Crippen LogP contribution in [0.15, 0.2) is 15.8 Å². The lowest BCUT2D eigenvalue weighted by atomic mass is 10.2. The van der Waals surface area contributed by atoms with Crippen molar-refractivity contribution in [2.45, 2.75) is 24.9 Å². The quantitative estimate of drug-likeness (QED) is 0.233. The van der Waals surface area contributed by atoms with E-state index in [1.54, 1.807) is 4.98 Å². The molecule has 1 fully saturated rings. The predicted molar refractivity (Wildman–Crippen MR) is 85.6 cm³/mol. The molecule has 1 aliphatic heterocycles. The molecule has 1 aromatic heterocycles. The van der Waals surface area contributed by atoms with Gasteiger partial charge >= 0.3 is 29.2 Å². The number of aromatic amines is 1. The van der Waals surface area contributed by atoms with Gasteiger partial charge in [-0.2, -0.15) is 13.0 Å². The molecule has 0 bridgehead atoms. The molecule has 5 atom stereocenters. The molecule has 29 heavy (non-hydrogen) atoms. The summed E-state index contributed by atoms with van der Waals surface area (Å²) in [6.07, 6.45) is -3.99. The Morgan fingerprint density at radius 2 is 1.79 bits per heavy atom. The second kappa shape index (κ2) is 8.59. The molecule has 0 radical (unpaired) electrons. The third-order valence-electron chi connectivity index (χ3n) is 3.26. The van der Waals surface area contributed by atoms with E-state index in [1.807, 2.05) is 0 Å². The molecule has 5 unspecified atom stereocenters. The molecular formula is C9H14FN2O14P3. The lowest BCUT2D eigenvalue weighted by molar-refractivity contribution is -0.0452. The molecule has 1 aromatic rings. The summed E-state index contributed by atoms with van der Waals surface area (Å²) in [6.45, 7) is -0.970. The van der Waals surface area contributed by atoms with E-state index >= 15 is 0 Å². The van der Waals surface area contributed by atoms with E-state index in [4.69, 9.17) is 19.4 Å². The van der Waals surface area contributed by atoms with Crippen LogP contribution in [0.1, 0.15) is 12.6 Å². The third-order valence-corrected chi connectivity index (χ3v) is 7.06. The average molecular weight is 486 g/mol. The number of ether oxygens (including phenoxy) is 1. The van der Waals surface area contributed by atoms with Gasteiger partial charge in [0.15, 0.2) is 0 Å². The van der Waals surface area contributed by atoms with Crippen LogP contribution >= 0.6 is 23.5 Å². The van der Waals surface area contributed by atoms with Gasteiger partial charge in [-0.05, 0) is 0 Å². The highest BCUT2D eigenvalue weighted by molar-refractivity contribution is 7.66. The molecule has 0 spiro atoms. The maximum Gasteiger partial charge on any atom is 0.490 e. The van der Waals surface area contributed by atoms with Crippen molar-refractivity contribution in [3.8, 4) is 0 Å². The van der Waals surface area contributed by atoms with E-state index < -0.39 is 65.6 Å². The molecule has 2 heterocycles. The summed E-state index contributed by atoms with van der Waals surface area (Å²) in [4.78, 5) is 59.6. The topological polar surface area (TPSA) is 244 Å². The van der Waals surface area contributed by atoms with Crippen molar-refractivity contribution in [2.24, 2.45) is 0 Å². The number of nitrogens with one attached hydrogen (secondary N) is 1. The number of nitrogens with zero attached hydrogens (tertiary/aromatic N) is 1. The van der Waals surface area contributed by atoms with Crippen LogP contribution in [0.25, 0.3) is 0 Å². The number of hydrogen-bond acceptors (Lipinski definition) is 10. The fourth-order valence-electron chi connectivity index (χ4n) is 2.18. The Morgan fingerprint density at radius 1 is 1.17 bits per heavy atom. The van der Waals surface area contributed by atoms with E-state index in [9.17, 15) is 37.7 Å². The molecule has 20 heteroatoms. The summed E-state index contributed by atoms with van der Waals surface area (Å²) in [5.74, 6) is -1.32. The maximum absolute atomic E-state index is 13.3. The summed E-state index contributed by atoms with van der Waals surface area (Å²) >= 11 is 0. The first kappa shape index (κ1) is 24.2.